The molecule has 1 rings (SSSR count). The van der Waals surface area contributed by atoms with E-state index in [1.807, 2.05) is 0 Å². The summed E-state index contributed by atoms with van der Waals surface area (Å²) in [6.45, 7) is 0. The molecule has 0 bridgehead atoms. The van der Waals surface area contributed by atoms with Crippen molar-refractivity contribution in [1.29, 1.82) is 5.26 Å². The third-order valence-corrected chi connectivity index (χ3v) is 1.81. The fourth-order valence-electron chi connectivity index (χ4n) is 1.08. The van der Waals surface area contributed by atoms with E-state index in [-0.39, 0.29) is 5.56 Å². The van der Waals surface area contributed by atoms with Crippen LogP contribution in [0.25, 0.3) is 0 Å². The predicted molar refractivity (Wildman–Crippen MR) is 51.4 cm³/mol. The fourth-order valence-corrected chi connectivity index (χ4v) is 1.08. The molecule has 6 nitrogen and oxygen atoms in total. The van der Waals surface area contributed by atoms with Gasteiger partial charge < -0.3 is 15.2 Å². The Morgan fingerprint density at radius 3 is 2.61 bits per heavy atom. The van der Waals surface area contributed by atoms with E-state index in [0.717, 1.165) is 13.3 Å². The van der Waals surface area contributed by atoms with Crippen molar-refractivity contribution in [2.75, 3.05) is 12.8 Å². The summed E-state index contributed by atoms with van der Waals surface area (Å²) in [5.41, 5.74) is 3.89. The van der Waals surface area contributed by atoms with E-state index in [9.17, 15) is 18.0 Å². The van der Waals surface area contributed by atoms with E-state index >= 15 is 0 Å². The number of hydrogen-bond acceptors (Lipinski definition) is 6. The lowest BCUT2D eigenvalue weighted by Crippen LogP contribution is -2.21. The highest BCUT2D eigenvalue weighted by Crippen LogP contribution is 2.30. The molecular weight excluding hydrogens is 255 g/mol. The van der Waals surface area contributed by atoms with Gasteiger partial charge in [0.15, 0.2) is 0 Å². The van der Waals surface area contributed by atoms with Gasteiger partial charge in [-0.05, 0) is 0 Å². The van der Waals surface area contributed by atoms with Crippen molar-refractivity contribution in [2.24, 2.45) is 0 Å². The molecule has 1 heterocycles. The summed E-state index contributed by atoms with van der Waals surface area (Å²) in [4.78, 5) is 14.5. The van der Waals surface area contributed by atoms with E-state index < -0.39 is 29.5 Å². The molecule has 0 aliphatic carbocycles. The molecular formula is C9H6F3N3O3. The lowest BCUT2D eigenvalue weighted by Gasteiger charge is -2.12. The van der Waals surface area contributed by atoms with Crippen LogP contribution in [0, 0.1) is 11.3 Å². The number of esters is 1. The zero-order chi connectivity index (χ0) is 13.9. The van der Waals surface area contributed by atoms with Crippen LogP contribution in [-0.2, 0) is 4.74 Å². The maximum Gasteiger partial charge on any atom is 0.574 e. The second kappa shape index (κ2) is 4.79. The molecule has 0 aliphatic rings. The largest absolute Gasteiger partial charge is 0.574 e. The van der Waals surface area contributed by atoms with Crippen molar-refractivity contribution in [3.63, 3.8) is 0 Å². The van der Waals surface area contributed by atoms with Gasteiger partial charge in [-0.3, -0.25) is 0 Å². The maximum atomic E-state index is 12.1. The lowest BCUT2D eigenvalue weighted by atomic mass is 10.1. The van der Waals surface area contributed by atoms with Crippen LogP contribution >= 0.6 is 0 Å². The van der Waals surface area contributed by atoms with Crippen LogP contribution < -0.4 is 10.5 Å². The molecule has 0 spiro atoms. The van der Waals surface area contributed by atoms with Gasteiger partial charge in [-0.15, -0.1) is 13.2 Å². The Bertz CT molecular complexity index is 522. The smallest absolute Gasteiger partial charge is 0.465 e. The van der Waals surface area contributed by atoms with Gasteiger partial charge in [0, 0.05) is 0 Å². The Labute approximate surface area is 98.7 Å². The molecule has 9 heteroatoms. The molecule has 2 N–H and O–H groups in total. The van der Waals surface area contributed by atoms with E-state index in [1.54, 1.807) is 6.07 Å². The highest BCUT2D eigenvalue weighted by molar-refractivity contribution is 5.98. The topological polar surface area (TPSA) is 98.2 Å². The second-order valence-electron chi connectivity index (χ2n) is 2.92. The number of methoxy groups -OCH3 is 1. The first-order chi connectivity index (χ1) is 8.30. The Hall–Kier alpha value is -2.50. The fraction of sp³-hybridized carbons (Fsp3) is 0.222. The Kier molecular flexibility index (Phi) is 3.61. The first-order valence-electron chi connectivity index (χ1n) is 4.32. The molecule has 18 heavy (non-hydrogen) atoms. The number of nitriles is 1. The molecule has 0 aliphatic heterocycles. The summed E-state index contributed by atoms with van der Waals surface area (Å²) in [7, 11) is 0.943. The quantitative estimate of drug-likeness (QED) is 0.803. The van der Waals surface area contributed by atoms with Crippen molar-refractivity contribution in [3.8, 4) is 11.9 Å². The van der Waals surface area contributed by atoms with Gasteiger partial charge in [-0.25, -0.2) is 9.78 Å². The minimum Gasteiger partial charge on any atom is -0.465 e. The van der Waals surface area contributed by atoms with E-state index in [0.29, 0.717) is 0 Å². The van der Waals surface area contributed by atoms with E-state index in [2.05, 4.69) is 14.5 Å². The van der Waals surface area contributed by atoms with Gasteiger partial charge in [0.05, 0.1) is 24.6 Å². The summed E-state index contributed by atoms with van der Waals surface area (Å²) in [5.74, 6) is -2.25. The van der Waals surface area contributed by atoms with Crippen molar-refractivity contribution in [2.45, 2.75) is 6.36 Å². The van der Waals surface area contributed by atoms with Crippen molar-refractivity contribution >= 4 is 11.7 Å². The highest BCUT2D eigenvalue weighted by Gasteiger charge is 2.35. The average molecular weight is 261 g/mol. The number of pyridine rings is 1. The number of alkyl halides is 3. The van der Waals surface area contributed by atoms with Gasteiger partial charge in [0.25, 0.3) is 0 Å². The molecule has 96 valence electrons. The van der Waals surface area contributed by atoms with Crippen LogP contribution in [0.2, 0.25) is 0 Å². The number of rotatable bonds is 2. The first-order valence-corrected chi connectivity index (χ1v) is 4.32. The van der Waals surface area contributed by atoms with Gasteiger partial charge in [-0.1, -0.05) is 0 Å². The minimum absolute atomic E-state index is 0.259. The predicted octanol–water partition coefficient (Wildman–Crippen LogP) is 1.22. The molecule has 0 fully saturated rings. The standard InChI is InChI=1S/C9H6F3N3O3/c1-17-8(16)5-6(14)4(2-13)3-15-7(5)18-9(10,11)12/h3H,1H3,(H2,14,15). The SMILES string of the molecule is COC(=O)c1c(OC(F)(F)F)ncc(C#N)c1N. The number of nitrogens with zero attached hydrogens (tertiary/aromatic N) is 2. The maximum absolute atomic E-state index is 12.1. The number of anilines is 1. The number of aromatic nitrogens is 1. The number of ether oxygens (including phenoxy) is 2. The van der Waals surface area contributed by atoms with Crippen LogP contribution in [0.1, 0.15) is 15.9 Å². The molecule has 1 aromatic rings. The van der Waals surface area contributed by atoms with Crippen LogP contribution in [0.15, 0.2) is 6.20 Å². The Morgan fingerprint density at radius 1 is 1.56 bits per heavy atom. The summed E-state index contributed by atoms with van der Waals surface area (Å²) in [6, 6.07) is 1.57. The van der Waals surface area contributed by atoms with Gasteiger partial charge in [0.1, 0.15) is 11.6 Å². The Morgan fingerprint density at radius 2 is 2.17 bits per heavy atom. The van der Waals surface area contributed by atoms with E-state index in [1.165, 1.54) is 0 Å². The molecule has 1 aromatic heterocycles. The minimum atomic E-state index is -5.05. The van der Waals surface area contributed by atoms with Crippen molar-refractivity contribution in [1.82, 2.24) is 4.98 Å². The normalized spacial score (nSPS) is 10.6. The number of carbonyl (C=O) groups excluding carboxylic acids is 1. The van der Waals surface area contributed by atoms with Crippen molar-refractivity contribution < 1.29 is 27.4 Å². The molecule has 0 saturated heterocycles. The number of carbonyl (C=O) groups is 1. The van der Waals surface area contributed by atoms with Crippen LogP contribution in [-0.4, -0.2) is 24.4 Å². The lowest BCUT2D eigenvalue weighted by molar-refractivity contribution is -0.276. The molecule has 0 aromatic carbocycles. The highest BCUT2D eigenvalue weighted by atomic mass is 19.4. The van der Waals surface area contributed by atoms with Crippen molar-refractivity contribution in [3.05, 3.63) is 17.3 Å². The third kappa shape index (κ3) is 2.79. The molecule has 0 radical (unpaired) electrons. The number of nitrogen functional groups attached to an aromatic ring is 1. The summed E-state index contributed by atoms with van der Waals surface area (Å²) in [5, 5.41) is 8.64. The van der Waals surface area contributed by atoms with E-state index in [4.69, 9.17) is 11.0 Å². The number of nitrogens with two attached hydrogens (primary N) is 1. The molecule has 0 atom stereocenters. The first kappa shape index (κ1) is 13.6. The Balaban J connectivity index is 3.40. The molecule has 0 amide bonds. The summed E-state index contributed by atoms with van der Waals surface area (Å²) >= 11 is 0. The second-order valence-corrected chi connectivity index (χ2v) is 2.92. The molecule has 0 unspecified atom stereocenters. The number of hydrogen-bond donors (Lipinski definition) is 1. The van der Waals surface area contributed by atoms with Crippen LogP contribution in [0.3, 0.4) is 0 Å². The van der Waals surface area contributed by atoms with Crippen LogP contribution in [0.5, 0.6) is 5.88 Å². The average Bonchev–Trinajstić information content (AvgIpc) is 2.26. The van der Waals surface area contributed by atoms with Gasteiger partial charge in [-0.2, -0.15) is 5.26 Å². The zero-order valence-electron chi connectivity index (χ0n) is 8.91. The number of halogens is 3. The third-order valence-electron chi connectivity index (χ3n) is 1.81. The summed E-state index contributed by atoms with van der Waals surface area (Å²) in [6.07, 6.45) is -4.28. The van der Waals surface area contributed by atoms with Gasteiger partial charge in [0.2, 0.25) is 5.88 Å². The monoisotopic (exact) mass is 261 g/mol. The van der Waals surface area contributed by atoms with Crippen LogP contribution in [0.4, 0.5) is 18.9 Å². The summed E-state index contributed by atoms with van der Waals surface area (Å²) < 4.78 is 44.0. The molecule has 0 saturated carbocycles. The zero-order valence-corrected chi connectivity index (χ0v) is 8.91. The van der Waals surface area contributed by atoms with Gasteiger partial charge >= 0.3 is 12.3 Å².